The van der Waals surface area contributed by atoms with E-state index in [1.54, 1.807) is 13.0 Å². The van der Waals surface area contributed by atoms with Crippen LogP contribution in [0.2, 0.25) is 0 Å². The topological polar surface area (TPSA) is 161 Å². The van der Waals surface area contributed by atoms with Crippen LogP contribution in [0.3, 0.4) is 0 Å². The first-order valence-corrected chi connectivity index (χ1v) is 15.2. The molecule has 1 amide bonds. The minimum Gasteiger partial charge on any atom is -0.426 e. The Kier molecular flexibility index (Phi) is 10.9. The van der Waals surface area contributed by atoms with E-state index >= 15 is 0 Å². The van der Waals surface area contributed by atoms with Crippen LogP contribution in [0.15, 0.2) is 36.9 Å². The van der Waals surface area contributed by atoms with Crippen molar-refractivity contribution in [3.8, 4) is 23.1 Å². The van der Waals surface area contributed by atoms with Crippen LogP contribution in [-0.4, -0.2) is 94.0 Å². The molecule has 0 aliphatic carbocycles. The van der Waals surface area contributed by atoms with Gasteiger partial charge >= 0.3 is 6.18 Å². The molecular formula is C31H34F3N9O5. The lowest BCUT2D eigenvalue weighted by Crippen LogP contribution is -2.38. The number of nitriles is 1. The van der Waals surface area contributed by atoms with Crippen LogP contribution in [0.5, 0.6) is 5.75 Å². The summed E-state index contributed by atoms with van der Waals surface area (Å²) in [5, 5.41) is 18.7. The van der Waals surface area contributed by atoms with E-state index in [0.717, 1.165) is 30.5 Å². The van der Waals surface area contributed by atoms with Crippen molar-refractivity contribution in [2.75, 3.05) is 57.9 Å². The van der Waals surface area contributed by atoms with E-state index in [4.69, 9.17) is 14.2 Å². The number of nitrogens with zero attached hydrogens (tertiary/aromatic N) is 7. The van der Waals surface area contributed by atoms with Crippen LogP contribution in [0.1, 0.15) is 41.5 Å². The van der Waals surface area contributed by atoms with Crippen molar-refractivity contribution in [2.45, 2.75) is 32.5 Å². The number of hydrogen-bond acceptors (Lipinski definition) is 11. The molecule has 1 saturated heterocycles. The molecule has 1 aliphatic rings. The van der Waals surface area contributed by atoms with E-state index in [1.807, 2.05) is 6.07 Å². The van der Waals surface area contributed by atoms with E-state index in [0.29, 0.717) is 44.0 Å². The molecule has 0 spiro atoms. The number of amides is 1. The number of nitrogens with one attached hydrogen (secondary N) is 2. The van der Waals surface area contributed by atoms with E-state index in [9.17, 15) is 28.0 Å². The quantitative estimate of drug-likeness (QED) is 0.149. The first-order chi connectivity index (χ1) is 23.2. The van der Waals surface area contributed by atoms with Crippen molar-refractivity contribution in [3.63, 3.8) is 0 Å². The van der Waals surface area contributed by atoms with Gasteiger partial charge in [-0.15, -0.1) is 0 Å². The third-order valence-corrected chi connectivity index (χ3v) is 7.75. The van der Waals surface area contributed by atoms with Gasteiger partial charge in [0.15, 0.2) is 22.9 Å². The molecule has 0 saturated carbocycles. The fourth-order valence-corrected chi connectivity index (χ4v) is 5.31. The molecule has 0 radical (unpaired) electrons. The van der Waals surface area contributed by atoms with Crippen LogP contribution < -0.4 is 15.4 Å². The molecule has 4 aromatic rings. The summed E-state index contributed by atoms with van der Waals surface area (Å²) >= 11 is 0. The van der Waals surface area contributed by atoms with Crippen molar-refractivity contribution < 1.29 is 37.0 Å². The van der Waals surface area contributed by atoms with Gasteiger partial charge in [-0.2, -0.15) is 23.5 Å². The van der Waals surface area contributed by atoms with Gasteiger partial charge in [0, 0.05) is 55.9 Å². The Labute approximate surface area is 273 Å². The number of anilines is 2. The zero-order chi connectivity index (χ0) is 34.3. The molecule has 14 nitrogen and oxygen atoms in total. The molecule has 3 aromatic heterocycles. The van der Waals surface area contributed by atoms with Gasteiger partial charge in [-0.05, 0) is 25.5 Å². The lowest BCUT2D eigenvalue weighted by atomic mass is 10.0. The average Bonchev–Trinajstić information content (AvgIpc) is 3.73. The van der Waals surface area contributed by atoms with Crippen LogP contribution in [0.4, 0.5) is 24.7 Å². The normalized spacial score (nSPS) is 14.4. The lowest BCUT2D eigenvalue weighted by Gasteiger charge is -2.26. The average molecular weight is 670 g/mol. The number of carbonyl (C=O) groups excluding carboxylic acids is 2. The van der Waals surface area contributed by atoms with Crippen molar-refractivity contribution in [1.82, 2.24) is 34.4 Å². The molecule has 1 atom stereocenters. The first-order valence-electron chi connectivity index (χ1n) is 15.2. The number of hydrogen-bond donors (Lipinski definition) is 2. The molecule has 1 fully saturated rings. The Balaban J connectivity index is 1.35. The largest absolute Gasteiger partial charge is 0.435 e. The molecular weight excluding hydrogens is 635 g/mol. The molecule has 17 heteroatoms. The second-order valence-corrected chi connectivity index (χ2v) is 10.8. The second-order valence-electron chi connectivity index (χ2n) is 10.8. The van der Waals surface area contributed by atoms with Gasteiger partial charge in [-0.1, -0.05) is 6.92 Å². The summed E-state index contributed by atoms with van der Waals surface area (Å²) in [5.41, 5.74) is -0.194. The second kappa shape index (κ2) is 15.2. The number of halogens is 3. The Bertz CT molecular complexity index is 1790. The number of aromatic nitrogens is 5. The van der Waals surface area contributed by atoms with E-state index in [2.05, 4.69) is 30.6 Å². The van der Waals surface area contributed by atoms with Crippen molar-refractivity contribution in [1.29, 1.82) is 5.26 Å². The van der Waals surface area contributed by atoms with Gasteiger partial charge in [0.25, 0.3) is 12.4 Å². The highest BCUT2D eigenvalue weighted by atomic mass is 19.4. The number of morpholine rings is 1. The first kappa shape index (κ1) is 34.3. The summed E-state index contributed by atoms with van der Waals surface area (Å²) in [6.07, 6.45) is 0.731. The Morgan fingerprint density at radius 2 is 2.02 bits per heavy atom. The summed E-state index contributed by atoms with van der Waals surface area (Å²) in [7, 11) is 0. The molecule has 1 aliphatic heterocycles. The number of benzene rings is 1. The molecule has 254 valence electrons. The van der Waals surface area contributed by atoms with Crippen molar-refractivity contribution in [2.24, 2.45) is 0 Å². The SMILES string of the molecule is CCc1c(C(=O)NCCOCCN2CCOCC2)ccc(Nc2nccn3c(-c4cn(C(C)C#N)nc4C(F)(F)F)cnc23)c1OC=O. The summed E-state index contributed by atoms with van der Waals surface area (Å²) in [5.74, 6) is -0.154. The Hall–Kier alpha value is -5.05. The minimum atomic E-state index is -4.80. The predicted octanol–water partition coefficient (Wildman–Crippen LogP) is 3.62. The summed E-state index contributed by atoms with van der Waals surface area (Å²) < 4.78 is 60.5. The van der Waals surface area contributed by atoms with Crippen LogP contribution in [0, 0.1) is 11.3 Å². The maximum absolute atomic E-state index is 14.0. The number of fused-ring (bicyclic) bond motifs is 1. The highest BCUT2D eigenvalue weighted by Gasteiger charge is 2.39. The van der Waals surface area contributed by atoms with Gasteiger partial charge in [0.1, 0.15) is 6.04 Å². The van der Waals surface area contributed by atoms with Gasteiger partial charge < -0.3 is 24.8 Å². The van der Waals surface area contributed by atoms with Gasteiger partial charge in [0.2, 0.25) is 0 Å². The summed E-state index contributed by atoms with van der Waals surface area (Å²) in [6.45, 7) is 8.51. The molecule has 1 aromatic carbocycles. The van der Waals surface area contributed by atoms with Crippen molar-refractivity contribution >= 4 is 29.5 Å². The maximum atomic E-state index is 14.0. The number of ether oxygens (including phenoxy) is 3. The highest BCUT2D eigenvalue weighted by molar-refractivity contribution is 5.97. The third-order valence-electron chi connectivity index (χ3n) is 7.75. The van der Waals surface area contributed by atoms with E-state index in [1.165, 1.54) is 36.0 Å². The maximum Gasteiger partial charge on any atom is 0.435 e. The number of rotatable bonds is 14. The molecule has 1 unspecified atom stereocenters. The standard InChI is InChI=1S/C31H34F3N9O5/c1-3-21-22(30(45)37-7-12-46-13-9-41-10-14-47-15-11-41)4-5-24(26(21)48-19-44)39-28-29-38-17-25(42(29)8-6-36-28)23-18-43(20(2)16-35)40-27(23)31(32,33)34/h4-6,8,17-20H,3,7,9-15H2,1-2H3,(H,36,39)(H,37,45). The molecule has 0 bridgehead atoms. The third kappa shape index (κ3) is 7.56. The Morgan fingerprint density at radius 1 is 1.23 bits per heavy atom. The fourth-order valence-electron chi connectivity index (χ4n) is 5.31. The predicted molar refractivity (Wildman–Crippen MR) is 166 cm³/mol. The molecule has 5 rings (SSSR count). The zero-order valence-electron chi connectivity index (χ0n) is 26.3. The van der Waals surface area contributed by atoms with E-state index in [-0.39, 0.29) is 53.1 Å². The number of carbonyl (C=O) groups is 2. The monoisotopic (exact) mass is 669 g/mol. The zero-order valence-corrected chi connectivity index (χ0v) is 26.3. The van der Waals surface area contributed by atoms with Crippen LogP contribution in [0.25, 0.3) is 16.9 Å². The minimum absolute atomic E-state index is 0.0647. The molecule has 4 heterocycles. The number of imidazole rings is 1. The Morgan fingerprint density at radius 3 is 2.73 bits per heavy atom. The van der Waals surface area contributed by atoms with Crippen LogP contribution >= 0.6 is 0 Å². The van der Waals surface area contributed by atoms with Crippen LogP contribution in [-0.2, 0) is 26.9 Å². The molecule has 2 N–H and O–H groups in total. The summed E-state index contributed by atoms with van der Waals surface area (Å²) in [4.78, 5) is 35.5. The van der Waals surface area contributed by atoms with Gasteiger partial charge in [-0.3, -0.25) is 23.6 Å². The summed E-state index contributed by atoms with van der Waals surface area (Å²) in [6, 6.07) is 4.05. The van der Waals surface area contributed by atoms with Gasteiger partial charge in [-0.25, -0.2) is 9.97 Å². The number of alkyl halides is 3. The molecule has 48 heavy (non-hydrogen) atoms. The van der Waals surface area contributed by atoms with E-state index < -0.39 is 17.9 Å². The lowest BCUT2D eigenvalue weighted by molar-refractivity contribution is -0.141. The smallest absolute Gasteiger partial charge is 0.426 e. The van der Waals surface area contributed by atoms with Gasteiger partial charge in [0.05, 0.1) is 55.6 Å². The highest BCUT2D eigenvalue weighted by Crippen LogP contribution is 2.38. The fraction of sp³-hybridized carbons (Fsp3) is 0.419. The van der Waals surface area contributed by atoms with Crippen molar-refractivity contribution in [3.05, 3.63) is 53.7 Å².